The third kappa shape index (κ3) is 4.71. The van der Waals surface area contributed by atoms with Crippen LogP contribution >= 0.6 is 0 Å². The quantitative estimate of drug-likeness (QED) is 0.695. The lowest BCUT2D eigenvalue weighted by Crippen LogP contribution is -2.46. The second-order valence-electron chi connectivity index (χ2n) is 6.39. The van der Waals surface area contributed by atoms with Gasteiger partial charge in [-0.3, -0.25) is 0 Å². The maximum atomic E-state index is 12.0. The fraction of sp³-hybridized carbons (Fsp3) is 0.556. The largest absolute Gasteiger partial charge is 0.388 e. The summed E-state index contributed by atoms with van der Waals surface area (Å²) < 4.78 is 2.00. The van der Waals surface area contributed by atoms with Crippen molar-refractivity contribution < 1.29 is 9.90 Å². The van der Waals surface area contributed by atoms with Gasteiger partial charge in [-0.2, -0.15) is 0 Å². The first-order chi connectivity index (χ1) is 11.5. The Balaban J connectivity index is 1.86. The SMILES string of the molecule is CCCC(O)(CCC)CNC(=O)NCc1cn2c(C)cccc2n1. The second-order valence-corrected chi connectivity index (χ2v) is 6.39. The molecule has 0 fully saturated rings. The van der Waals surface area contributed by atoms with E-state index in [1.807, 2.05) is 49.6 Å². The van der Waals surface area contributed by atoms with Gasteiger partial charge in [-0.15, -0.1) is 0 Å². The molecule has 0 aliphatic carbocycles. The highest BCUT2D eigenvalue weighted by Gasteiger charge is 2.25. The highest BCUT2D eigenvalue weighted by molar-refractivity contribution is 5.73. The zero-order valence-corrected chi connectivity index (χ0v) is 14.8. The lowest BCUT2D eigenvalue weighted by molar-refractivity contribution is 0.0241. The van der Waals surface area contributed by atoms with Gasteiger partial charge in [-0.25, -0.2) is 9.78 Å². The van der Waals surface area contributed by atoms with Crippen molar-refractivity contribution in [2.45, 2.75) is 58.6 Å². The fourth-order valence-corrected chi connectivity index (χ4v) is 2.99. The first kappa shape index (κ1) is 18.3. The number of carbonyl (C=O) groups is 1. The molecule has 2 heterocycles. The molecular formula is C18H28N4O2. The minimum atomic E-state index is -0.818. The molecule has 2 amide bonds. The van der Waals surface area contributed by atoms with E-state index in [1.165, 1.54) is 0 Å². The van der Waals surface area contributed by atoms with Crippen molar-refractivity contribution in [2.75, 3.05) is 6.54 Å². The number of fused-ring (bicyclic) bond motifs is 1. The Bertz CT molecular complexity index is 675. The standard InChI is InChI=1S/C18H28N4O2/c1-4-9-18(24,10-5-2)13-20-17(23)19-11-15-12-22-14(3)7-6-8-16(22)21-15/h6-8,12,24H,4-5,9-11,13H2,1-3H3,(H2,19,20,23). The molecule has 0 aliphatic rings. The van der Waals surface area contributed by atoms with Crippen molar-refractivity contribution in [3.63, 3.8) is 0 Å². The van der Waals surface area contributed by atoms with E-state index in [9.17, 15) is 9.90 Å². The summed E-state index contributed by atoms with van der Waals surface area (Å²) in [6.45, 7) is 6.71. The number of nitrogens with one attached hydrogen (secondary N) is 2. The predicted molar refractivity (Wildman–Crippen MR) is 94.9 cm³/mol. The molecule has 2 aromatic rings. The monoisotopic (exact) mass is 332 g/mol. The molecule has 0 saturated heterocycles. The summed E-state index contributed by atoms with van der Waals surface area (Å²) in [5.74, 6) is 0. The van der Waals surface area contributed by atoms with Crippen molar-refractivity contribution in [1.82, 2.24) is 20.0 Å². The molecule has 0 saturated carbocycles. The van der Waals surface area contributed by atoms with E-state index < -0.39 is 5.60 Å². The van der Waals surface area contributed by atoms with E-state index >= 15 is 0 Å². The zero-order valence-electron chi connectivity index (χ0n) is 14.8. The lowest BCUT2D eigenvalue weighted by atomic mass is 9.93. The van der Waals surface area contributed by atoms with Crippen LogP contribution in [0.25, 0.3) is 5.65 Å². The van der Waals surface area contributed by atoms with Crippen molar-refractivity contribution in [3.8, 4) is 0 Å². The number of urea groups is 1. The fourth-order valence-electron chi connectivity index (χ4n) is 2.99. The van der Waals surface area contributed by atoms with Gasteiger partial charge in [0.25, 0.3) is 0 Å². The number of amides is 2. The zero-order chi connectivity index (χ0) is 17.6. The second kappa shape index (κ2) is 8.15. The van der Waals surface area contributed by atoms with E-state index in [2.05, 4.69) is 15.6 Å². The molecule has 0 spiro atoms. The minimum Gasteiger partial charge on any atom is -0.388 e. The Hall–Kier alpha value is -2.08. The van der Waals surface area contributed by atoms with E-state index in [0.29, 0.717) is 19.4 Å². The average Bonchev–Trinajstić information content (AvgIpc) is 2.96. The molecule has 0 bridgehead atoms. The third-order valence-electron chi connectivity index (χ3n) is 4.18. The van der Waals surface area contributed by atoms with Crippen LogP contribution in [0.4, 0.5) is 4.79 Å². The molecule has 3 N–H and O–H groups in total. The molecule has 132 valence electrons. The van der Waals surface area contributed by atoms with E-state index in [4.69, 9.17) is 0 Å². The number of aryl methyl sites for hydroxylation is 1. The molecule has 0 radical (unpaired) electrons. The number of hydrogen-bond acceptors (Lipinski definition) is 3. The summed E-state index contributed by atoms with van der Waals surface area (Å²) in [6.07, 6.45) is 5.08. The minimum absolute atomic E-state index is 0.269. The summed E-state index contributed by atoms with van der Waals surface area (Å²) in [4.78, 5) is 16.5. The summed E-state index contributed by atoms with van der Waals surface area (Å²) in [5.41, 5.74) is 1.95. The molecule has 0 atom stereocenters. The third-order valence-corrected chi connectivity index (χ3v) is 4.18. The van der Waals surface area contributed by atoms with Gasteiger partial charge < -0.3 is 20.1 Å². The van der Waals surface area contributed by atoms with Crippen LogP contribution in [0.3, 0.4) is 0 Å². The van der Waals surface area contributed by atoms with Crippen molar-refractivity contribution in [3.05, 3.63) is 35.8 Å². The van der Waals surface area contributed by atoms with Gasteiger partial charge in [-0.05, 0) is 31.9 Å². The number of hydrogen-bond donors (Lipinski definition) is 3. The van der Waals surface area contributed by atoms with E-state index in [1.54, 1.807) is 0 Å². The molecule has 0 unspecified atom stereocenters. The molecule has 2 aromatic heterocycles. The molecule has 6 nitrogen and oxygen atoms in total. The van der Waals surface area contributed by atoms with Crippen LogP contribution in [0, 0.1) is 6.92 Å². The van der Waals surface area contributed by atoms with Gasteiger partial charge in [-0.1, -0.05) is 32.8 Å². The lowest BCUT2D eigenvalue weighted by Gasteiger charge is -2.27. The summed E-state index contributed by atoms with van der Waals surface area (Å²) in [6, 6.07) is 5.63. The highest BCUT2D eigenvalue weighted by atomic mass is 16.3. The van der Waals surface area contributed by atoms with Gasteiger partial charge in [0.1, 0.15) is 5.65 Å². The van der Waals surface area contributed by atoms with Crippen molar-refractivity contribution in [2.24, 2.45) is 0 Å². The molecule has 0 aromatic carbocycles. The smallest absolute Gasteiger partial charge is 0.315 e. The van der Waals surface area contributed by atoms with Crippen LogP contribution < -0.4 is 10.6 Å². The van der Waals surface area contributed by atoms with Crippen LogP contribution in [0.5, 0.6) is 0 Å². The van der Waals surface area contributed by atoms with Gasteiger partial charge in [0.2, 0.25) is 0 Å². The summed E-state index contributed by atoms with van der Waals surface area (Å²) in [7, 11) is 0. The molecule has 24 heavy (non-hydrogen) atoms. The van der Waals surface area contributed by atoms with Gasteiger partial charge >= 0.3 is 6.03 Å². The van der Waals surface area contributed by atoms with E-state index in [0.717, 1.165) is 29.9 Å². The van der Waals surface area contributed by atoms with Crippen molar-refractivity contribution >= 4 is 11.7 Å². The molecule has 6 heteroatoms. The Morgan fingerprint density at radius 2 is 1.96 bits per heavy atom. The van der Waals surface area contributed by atoms with Crippen LogP contribution in [0.1, 0.15) is 50.9 Å². The Morgan fingerprint density at radius 3 is 2.58 bits per heavy atom. The average molecular weight is 332 g/mol. The number of rotatable bonds is 8. The van der Waals surface area contributed by atoms with Crippen molar-refractivity contribution in [1.29, 1.82) is 0 Å². The molecular weight excluding hydrogens is 304 g/mol. The molecule has 0 aliphatic heterocycles. The van der Waals surface area contributed by atoms with Crippen LogP contribution in [-0.2, 0) is 6.54 Å². The number of carbonyl (C=O) groups excluding carboxylic acids is 1. The number of nitrogens with zero attached hydrogens (tertiary/aromatic N) is 2. The van der Waals surface area contributed by atoms with Gasteiger partial charge in [0.05, 0.1) is 17.8 Å². The summed E-state index contributed by atoms with van der Waals surface area (Å²) in [5, 5.41) is 16.1. The van der Waals surface area contributed by atoms with Crippen LogP contribution in [0.15, 0.2) is 24.4 Å². The Labute approximate surface area is 143 Å². The summed E-state index contributed by atoms with van der Waals surface area (Å²) >= 11 is 0. The number of aromatic nitrogens is 2. The van der Waals surface area contributed by atoms with Gasteiger partial charge in [0.15, 0.2) is 0 Å². The predicted octanol–water partition coefficient (Wildman–Crippen LogP) is 2.77. The first-order valence-corrected chi connectivity index (χ1v) is 8.65. The van der Waals surface area contributed by atoms with Crippen LogP contribution in [0.2, 0.25) is 0 Å². The number of aliphatic hydroxyl groups is 1. The van der Waals surface area contributed by atoms with Gasteiger partial charge in [0, 0.05) is 18.4 Å². The number of pyridine rings is 1. The Kier molecular flexibility index (Phi) is 6.20. The maximum Gasteiger partial charge on any atom is 0.315 e. The Morgan fingerprint density at radius 1 is 1.25 bits per heavy atom. The van der Waals surface area contributed by atoms with Crippen LogP contribution in [-0.4, -0.2) is 32.7 Å². The maximum absolute atomic E-state index is 12.0. The normalized spacial score (nSPS) is 11.7. The topological polar surface area (TPSA) is 78.7 Å². The highest BCUT2D eigenvalue weighted by Crippen LogP contribution is 2.18. The number of imidazole rings is 1. The molecule has 2 rings (SSSR count). The van der Waals surface area contributed by atoms with E-state index in [-0.39, 0.29) is 12.6 Å². The first-order valence-electron chi connectivity index (χ1n) is 8.65.